The van der Waals surface area contributed by atoms with Crippen molar-refractivity contribution in [3.63, 3.8) is 0 Å². The first-order chi connectivity index (χ1) is 9.13. The number of hydrogen-bond acceptors (Lipinski definition) is 3. The summed E-state index contributed by atoms with van der Waals surface area (Å²) in [5, 5.41) is 0. The van der Waals surface area contributed by atoms with E-state index in [-0.39, 0.29) is 5.82 Å². The molecule has 1 unspecified atom stereocenters. The molecule has 0 aliphatic heterocycles. The van der Waals surface area contributed by atoms with Crippen LogP contribution in [0.25, 0.3) is 11.3 Å². The Morgan fingerprint density at radius 1 is 1.47 bits per heavy atom. The zero-order valence-corrected chi connectivity index (χ0v) is 11.1. The Bertz CT molecular complexity index is 553. The average molecular weight is 263 g/mol. The Morgan fingerprint density at radius 2 is 2.26 bits per heavy atom. The van der Waals surface area contributed by atoms with E-state index in [4.69, 9.17) is 10.5 Å². The molecule has 1 atom stereocenters. The van der Waals surface area contributed by atoms with Gasteiger partial charge in [0.25, 0.3) is 0 Å². The lowest BCUT2D eigenvalue weighted by molar-refractivity contribution is 0.415. The second kappa shape index (κ2) is 5.84. The fraction of sp³-hybridized carbons (Fsp3) is 0.357. The van der Waals surface area contributed by atoms with E-state index in [0.29, 0.717) is 23.8 Å². The molecule has 19 heavy (non-hydrogen) atoms. The van der Waals surface area contributed by atoms with Crippen LogP contribution < -0.4 is 10.5 Å². The molecular weight excluding hydrogens is 245 g/mol. The van der Waals surface area contributed by atoms with Crippen LogP contribution in [0.4, 0.5) is 4.39 Å². The van der Waals surface area contributed by atoms with E-state index in [9.17, 15) is 4.39 Å². The number of aromatic amines is 1. The van der Waals surface area contributed by atoms with E-state index >= 15 is 0 Å². The Labute approximate surface area is 111 Å². The van der Waals surface area contributed by atoms with Gasteiger partial charge in [-0.1, -0.05) is 6.92 Å². The van der Waals surface area contributed by atoms with Crippen LogP contribution in [0.5, 0.6) is 5.75 Å². The largest absolute Gasteiger partial charge is 0.496 e. The number of hydrogen-bond donors (Lipinski definition) is 2. The summed E-state index contributed by atoms with van der Waals surface area (Å²) in [6, 6.07) is 4.41. The van der Waals surface area contributed by atoms with Gasteiger partial charge in [-0.2, -0.15) is 0 Å². The summed E-state index contributed by atoms with van der Waals surface area (Å²) in [6.07, 6.45) is 2.46. The van der Waals surface area contributed by atoms with Crippen LogP contribution in [0.1, 0.15) is 12.7 Å². The van der Waals surface area contributed by atoms with Crippen molar-refractivity contribution < 1.29 is 9.13 Å². The standard InChI is InChI=1S/C14H18FN3O/c1-9(7-16)5-14-17-8-12(18-14)11-6-10(15)3-4-13(11)19-2/h3-4,6,8-9H,5,7,16H2,1-2H3,(H,17,18). The Hall–Kier alpha value is -1.88. The van der Waals surface area contributed by atoms with Gasteiger partial charge in [0.05, 0.1) is 19.0 Å². The molecule has 2 rings (SSSR count). The van der Waals surface area contributed by atoms with Crippen molar-refractivity contribution in [2.75, 3.05) is 13.7 Å². The van der Waals surface area contributed by atoms with Crippen LogP contribution in [0, 0.1) is 11.7 Å². The van der Waals surface area contributed by atoms with Crippen molar-refractivity contribution in [2.45, 2.75) is 13.3 Å². The van der Waals surface area contributed by atoms with Crippen LogP contribution >= 0.6 is 0 Å². The predicted molar refractivity (Wildman–Crippen MR) is 72.5 cm³/mol. The lowest BCUT2D eigenvalue weighted by Gasteiger charge is -2.07. The van der Waals surface area contributed by atoms with Crippen LogP contribution in [-0.2, 0) is 6.42 Å². The van der Waals surface area contributed by atoms with Crippen LogP contribution in [-0.4, -0.2) is 23.6 Å². The third kappa shape index (κ3) is 3.12. The highest BCUT2D eigenvalue weighted by atomic mass is 19.1. The molecule has 102 valence electrons. The number of nitrogens with two attached hydrogens (primary N) is 1. The number of halogens is 1. The lowest BCUT2D eigenvalue weighted by Crippen LogP contribution is -2.13. The summed E-state index contributed by atoms with van der Waals surface area (Å²) in [7, 11) is 1.56. The molecule has 0 spiro atoms. The number of ether oxygens (including phenoxy) is 1. The molecule has 4 nitrogen and oxygen atoms in total. The summed E-state index contributed by atoms with van der Waals surface area (Å²) < 4.78 is 18.6. The zero-order chi connectivity index (χ0) is 13.8. The Balaban J connectivity index is 2.29. The number of methoxy groups -OCH3 is 1. The smallest absolute Gasteiger partial charge is 0.128 e. The number of aromatic nitrogens is 2. The molecule has 1 aromatic carbocycles. The van der Waals surface area contributed by atoms with E-state index in [1.807, 2.05) is 0 Å². The highest BCUT2D eigenvalue weighted by molar-refractivity contribution is 5.66. The quantitative estimate of drug-likeness (QED) is 0.870. The molecule has 0 radical (unpaired) electrons. The highest BCUT2D eigenvalue weighted by Crippen LogP contribution is 2.29. The van der Waals surface area contributed by atoms with Gasteiger partial charge in [0, 0.05) is 12.0 Å². The molecule has 1 heterocycles. The second-order valence-electron chi connectivity index (χ2n) is 4.63. The van der Waals surface area contributed by atoms with Crippen molar-refractivity contribution in [1.82, 2.24) is 9.97 Å². The van der Waals surface area contributed by atoms with E-state index in [0.717, 1.165) is 17.9 Å². The molecule has 0 saturated heterocycles. The van der Waals surface area contributed by atoms with Gasteiger partial charge in [0.15, 0.2) is 0 Å². The average Bonchev–Trinajstić information content (AvgIpc) is 2.86. The van der Waals surface area contributed by atoms with Crippen molar-refractivity contribution in [2.24, 2.45) is 11.7 Å². The highest BCUT2D eigenvalue weighted by Gasteiger charge is 2.11. The van der Waals surface area contributed by atoms with Gasteiger partial charge < -0.3 is 15.5 Å². The van der Waals surface area contributed by atoms with Gasteiger partial charge in [0.2, 0.25) is 0 Å². The maximum Gasteiger partial charge on any atom is 0.128 e. The Morgan fingerprint density at radius 3 is 2.95 bits per heavy atom. The van der Waals surface area contributed by atoms with Crippen LogP contribution in [0.2, 0.25) is 0 Å². The minimum Gasteiger partial charge on any atom is -0.496 e. The van der Waals surface area contributed by atoms with Gasteiger partial charge in [0.1, 0.15) is 17.4 Å². The molecule has 1 aromatic heterocycles. The lowest BCUT2D eigenvalue weighted by atomic mass is 10.1. The summed E-state index contributed by atoms with van der Waals surface area (Å²) in [6.45, 7) is 2.67. The first-order valence-electron chi connectivity index (χ1n) is 6.22. The third-order valence-corrected chi connectivity index (χ3v) is 3.02. The number of H-pyrrole nitrogens is 1. The molecule has 0 saturated carbocycles. The second-order valence-corrected chi connectivity index (χ2v) is 4.63. The molecule has 3 N–H and O–H groups in total. The van der Waals surface area contributed by atoms with E-state index < -0.39 is 0 Å². The van der Waals surface area contributed by atoms with Gasteiger partial charge in [-0.3, -0.25) is 0 Å². The monoisotopic (exact) mass is 263 g/mol. The topological polar surface area (TPSA) is 63.9 Å². The normalized spacial score (nSPS) is 12.4. The third-order valence-electron chi connectivity index (χ3n) is 3.02. The van der Waals surface area contributed by atoms with Crippen molar-refractivity contribution >= 4 is 0 Å². The molecule has 2 aromatic rings. The van der Waals surface area contributed by atoms with Gasteiger partial charge in [-0.05, 0) is 30.7 Å². The maximum absolute atomic E-state index is 13.3. The fourth-order valence-corrected chi connectivity index (χ4v) is 1.91. The van der Waals surface area contributed by atoms with Crippen LogP contribution in [0.15, 0.2) is 24.4 Å². The molecule has 0 aliphatic carbocycles. The first-order valence-corrected chi connectivity index (χ1v) is 6.22. The van der Waals surface area contributed by atoms with E-state index in [1.54, 1.807) is 19.4 Å². The zero-order valence-electron chi connectivity index (χ0n) is 11.1. The fourth-order valence-electron chi connectivity index (χ4n) is 1.91. The van der Waals surface area contributed by atoms with Crippen molar-refractivity contribution in [3.05, 3.63) is 36.0 Å². The van der Waals surface area contributed by atoms with Crippen molar-refractivity contribution in [3.8, 4) is 17.0 Å². The van der Waals surface area contributed by atoms with E-state index in [1.165, 1.54) is 12.1 Å². The van der Waals surface area contributed by atoms with E-state index in [2.05, 4.69) is 16.9 Å². The molecule has 0 amide bonds. The Kier molecular flexibility index (Phi) is 4.16. The summed E-state index contributed by atoms with van der Waals surface area (Å²) >= 11 is 0. The molecule has 5 heteroatoms. The SMILES string of the molecule is COc1ccc(F)cc1-c1cnc(CC(C)CN)[nH]1. The van der Waals surface area contributed by atoms with Gasteiger partial charge in [-0.15, -0.1) is 0 Å². The summed E-state index contributed by atoms with van der Waals surface area (Å²) in [5.41, 5.74) is 7.01. The number of nitrogens with one attached hydrogen (secondary N) is 1. The minimum atomic E-state index is -0.303. The molecule has 0 bridgehead atoms. The molecular formula is C14H18FN3O. The van der Waals surface area contributed by atoms with Gasteiger partial charge in [-0.25, -0.2) is 9.37 Å². The maximum atomic E-state index is 13.3. The van der Waals surface area contributed by atoms with Gasteiger partial charge >= 0.3 is 0 Å². The first kappa shape index (κ1) is 13.5. The minimum absolute atomic E-state index is 0.303. The number of nitrogens with zero attached hydrogens (tertiary/aromatic N) is 1. The number of benzene rings is 1. The van der Waals surface area contributed by atoms with Crippen LogP contribution in [0.3, 0.4) is 0 Å². The van der Waals surface area contributed by atoms with Crippen molar-refractivity contribution in [1.29, 1.82) is 0 Å². The number of rotatable bonds is 5. The molecule has 0 aliphatic rings. The molecule has 0 fully saturated rings. The summed E-state index contributed by atoms with van der Waals surface area (Å²) in [4.78, 5) is 7.48. The summed E-state index contributed by atoms with van der Waals surface area (Å²) in [5.74, 6) is 1.51. The predicted octanol–water partition coefficient (Wildman–Crippen LogP) is 2.36. The number of imidazole rings is 1.